The SMILES string of the molecule is COc1ccc2c([C@H](O)CN3CCC4(CC3)C[C@@H](O)c3ccccc3O4)c[nH]c2c1. The Bertz CT molecular complexity index is 1040. The Kier molecular flexibility index (Phi) is 4.93. The van der Waals surface area contributed by atoms with Crippen molar-refractivity contribution in [2.75, 3.05) is 26.7 Å². The maximum Gasteiger partial charge on any atom is 0.125 e. The van der Waals surface area contributed by atoms with Crippen LogP contribution < -0.4 is 9.47 Å². The number of rotatable bonds is 4. The van der Waals surface area contributed by atoms with Crippen LogP contribution in [-0.2, 0) is 0 Å². The third-order valence-corrected chi connectivity index (χ3v) is 6.65. The highest BCUT2D eigenvalue weighted by molar-refractivity contribution is 5.84. The summed E-state index contributed by atoms with van der Waals surface area (Å²) < 4.78 is 11.6. The van der Waals surface area contributed by atoms with Gasteiger partial charge in [-0.3, -0.25) is 0 Å². The highest BCUT2D eigenvalue weighted by Gasteiger charge is 2.43. The van der Waals surface area contributed by atoms with Gasteiger partial charge in [0, 0.05) is 60.3 Å². The highest BCUT2D eigenvalue weighted by atomic mass is 16.5. The molecule has 1 saturated heterocycles. The molecule has 2 aliphatic rings. The Morgan fingerprint density at radius 3 is 2.83 bits per heavy atom. The molecule has 6 nitrogen and oxygen atoms in total. The molecule has 3 N–H and O–H groups in total. The molecular formula is C24H28N2O4. The van der Waals surface area contributed by atoms with Gasteiger partial charge in [0.1, 0.15) is 17.1 Å². The number of benzene rings is 2. The van der Waals surface area contributed by atoms with Crippen LogP contribution in [0.15, 0.2) is 48.7 Å². The van der Waals surface area contributed by atoms with Gasteiger partial charge in [-0.2, -0.15) is 0 Å². The summed E-state index contributed by atoms with van der Waals surface area (Å²) >= 11 is 0. The van der Waals surface area contributed by atoms with Gasteiger partial charge in [-0.15, -0.1) is 0 Å². The second-order valence-electron chi connectivity index (χ2n) is 8.51. The maximum absolute atomic E-state index is 10.9. The number of likely N-dealkylation sites (tertiary alicyclic amines) is 1. The molecule has 0 radical (unpaired) electrons. The smallest absolute Gasteiger partial charge is 0.125 e. The number of fused-ring (bicyclic) bond motifs is 2. The number of H-pyrrole nitrogens is 1. The number of methoxy groups -OCH3 is 1. The summed E-state index contributed by atoms with van der Waals surface area (Å²) in [5, 5.41) is 22.5. The first-order valence-corrected chi connectivity index (χ1v) is 10.6. The zero-order valence-electron chi connectivity index (χ0n) is 17.2. The molecular weight excluding hydrogens is 380 g/mol. The number of aliphatic hydroxyl groups is 2. The lowest BCUT2D eigenvalue weighted by molar-refractivity contribution is -0.0587. The van der Waals surface area contributed by atoms with E-state index in [1.54, 1.807) is 7.11 Å². The molecule has 2 aromatic carbocycles. The standard InChI is InChI=1S/C24H28N2O4/c1-29-16-6-7-17-19(14-25-20(17)12-16)22(28)15-26-10-8-24(9-11-26)13-21(27)18-4-2-3-5-23(18)30-24/h2-7,12,14,21-22,25,27-28H,8-11,13,15H2,1H3/t21-,22-/m1/s1. The quantitative estimate of drug-likeness (QED) is 0.615. The van der Waals surface area contributed by atoms with Gasteiger partial charge < -0.3 is 29.6 Å². The van der Waals surface area contributed by atoms with Crippen LogP contribution in [0.5, 0.6) is 11.5 Å². The van der Waals surface area contributed by atoms with E-state index in [2.05, 4.69) is 9.88 Å². The van der Waals surface area contributed by atoms with Crippen molar-refractivity contribution in [3.8, 4) is 11.5 Å². The number of hydrogen-bond donors (Lipinski definition) is 3. The summed E-state index contributed by atoms with van der Waals surface area (Å²) in [6.45, 7) is 2.25. The molecule has 1 fully saturated rings. The van der Waals surface area contributed by atoms with Crippen LogP contribution in [0, 0.1) is 0 Å². The molecule has 2 atom stereocenters. The van der Waals surface area contributed by atoms with Gasteiger partial charge in [-0.25, -0.2) is 0 Å². The molecule has 30 heavy (non-hydrogen) atoms. The Morgan fingerprint density at radius 2 is 2.03 bits per heavy atom. The van der Waals surface area contributed by atoms with Crippen LogP contribution >= 0.6 is 0 Å². The molecule has 2 aliphatic heterocycles. The van der Waals surface area contributed by atoms with E-state index >= 15 is 0 Å². The average Bonchev–Trinajstić information content (AvgIpc) is 3.19. The lowest BCUT2D eigenvalue weighted by Gasteiger charge is -2.46. The number of piperidine rings is 1. The summed E-state index contributed by atoms with van der Waals surface area (Å²) in [5.74, 6) is 1.60. The van der Waals surface area contributed by atoms with Crippen molar-refractivity contribution in [1.29, 1.82) is 0 Å². The van der Waals surface area contributed by atoms with Crippen molar-refractivity contribution in [3.63, 3.8) is 0 Å². The summed E-state index contributed by atoms with van der Waals surface area (Å²) in [6, 6.07) is 13.6. The zero-order chi connectivity index (χ0) is 20.7. The Labute approximate surface area is 176 Å². The van der Waals surface area contributed by atoms with Crippen LogP contribution in [0.25, 0.3) is 10.9 Å². The number of aromatic nitrogens is 1. The van der Waals surface area contributed by atoms with E-state index in [0.717, 1.165) is 59.5 Å². The molecule has 1 spiro atoms. The Morgan fingerprint density at radius 1 is 1.23 bits per heavy atom. The number of aromatic amines is 1. The van der Waals surface area contributed by atoms with Gasteiger partial charge in [0.2, 0.25) is 0 Å². The lowest BCUT2D eigenvalue weighted by atomic mass is 9.81. The molecule has 0 saturated carbocycles. The van der Waals surface area contributed by atoms with E-state index in [1.807, 2.05) is 48.7 Å². The van der Waals surface area contributed by atoms with Crippen molar-refractivity contribution in [2.45, 2.75) is 37.1 Å². The molecule has 1 aromatic heterocycles. The van der Waals surface area contributed by atoms with Crippen molar-refractivity contribution in [3.05, 3.63) is 59.8 Å². The average molecular weight is 408 g/mol. The molecule has 0 unspecified atom stereocenters. The first kappa shape index (κ1) is 19.4. The van der Waals surface area contributed by atoms with E-state index in [9.17, 15) is 10.2 Å². The second kappa shape index (κ2) is 7.61. The fourth-order valence-corrected chi connectivity index (χ4v) is 4.91. The monoisotopic (exact) mass is 408 g/mol. The number of β-amino-alcohol motifs (C(OH)–C–C–N with tert-alkyl or cyclic N) is 1. The van der Waals surface area contributed by atoms with Gasteiger partial charge in [-0.1, -0.05) is 18.2 Å². The van der Waals surface area contributed by atoms with Crippen LogP contribution in [-0.4, -0.2) is 52.4 Å². The minimum Gasteiger partial charge on any atom is -0.497 e. The number of ether oxygens (including phenoxy) is 2. The number of hydrogen-bond acceptors (Lipinski definition) is 5. The van der Waals surface area contributed by atoms with Gasteiger partial charge in [0.25, 0.3) is 0 Å². The minimum atomic E-state index is -0.570. The number of para-hydroxylation sites is 1. The fourth-order valence-electron chi connectivity index (χ4n) is 4.91. The first-order chi connectivity index (χ1) is 14.6. The fraction of sp³-hybridized carbons (Fsp3) is 0.417. The van der Waals surface area contributed by atoms with Crippen LogP contribution in [0.3, 0.4) is 0 Å². The third kappa shape index (κ3) is 3.45. The largest absolute Gasteiger partial charge is 0.497 e. The molecule has 0 bridgehead atoms. The molecule has 158 valence electrons. The van der Waals surface area contributed by atoms with Crippen molar-refractivity contribution in [2.24, 2.45) is 0 Å². The molecule has 6 heteroatoms. The molecule has 3 heterocycles. The third-order valence-electron chi connectivity index (χ3n) is 6.65. The van der Waals surface area contributed by atoms with Gasteiger partial charge in [-0.05, 0) is 31.0 Å². The predicted octanol–water partition coefficient (Wildman–Crippen LogP) is 3.56. The summed E-state index contributed by atoms with van der Waals surface area (Å²) in [7, 11) is 1.65. The molecule has 0 aliphatic carbocycles. The number of nitrogens with zero attached hydrogens (tertiary/aromatic N) is 1. The minimum absolute atomic E-state index is 0.313. The Balaban J connectivity index is 1.25. The topological polar surface area (TPSA) is 78.0 Å². The zero-order valence-corrected chi connectivity index (χ0v) is 17.2. The van der Waals surface area contributed by atoms with Crippen LogP contribution in [0.4, 0.5) is 0 Å². The van der Waals surface area contributed by atoms with Gasteiger partial charge in [0.05, 0.1) is 19.3 Å². The van der Waals surface area contributed by atoms with E-state index in [1.165, 1.54) is 0 Å². The molecule has 0 amide bonds. The summed E-state index contributed by atoms with van der Waals surface area (Å²) in [5.41, 5.74) is 2.44. The normalized spacial score (nSPS) is 21.9. The highest BCUT2D eigenvalue weighted by Crippen LogP contribution is 2.44. The second-order valence-corrected chi connectivity index (χ2v) is 8.51. The van der Waals surface area contributed by atoms with E-state index < -0.39 is 12.2 Å². The van der Waals surface area contributed by atoms with E-state index in [0.29, 0.717) is 13.0 Å². The predicted molar refractivity (Wildman–Crippen MR) is 115 cm³/mol. The summed E-state index contributed by atoms with van der Waals surface area (Å²) in [6.07, 6.45) is 3.16. The molecule has 3 aromatic rings. The van der Waals surface area contributed by atoms with Crippen molar-refractivity contribution < 1.29 is 19.7 Å². The Hall–Kier alpha value is -2.54. The first-order valence-electron chi connectivity index (χ1n) is 10.6. The maximum atomic E-state index is 10.9. The molecule has 5 rings (SSSR count). The lowest BCUT2D eigenvalue weighted by Crippen LogP contribution is -2.51. The van der Waals surface area contributed by atoms with Gasteiger partial charge >= 0.3 is 0 Å². The van der Waals surface area contributed by atoms with E-state index in [4.69, 9.17) is 9.47 Å². The van der Waals surface area contributed by atoms with Gasteiger partial charge in [0.15, 0.2) is 0 Å². The van der Waals surface area contributed by atoms with E-state index in [-0.39, 0.29) is 5.60 Å². The number of nitrogens with one attached hydrogen (secondary N) is 1. The van der Waals surface area contributed by atoms with Crippen LogP contribution in [0.1, 0.15) is 42.6 Å². The van der Waals surface area contributed by atoms with Crippen LogP contribution in [0.2, 0.25) is 0 Å². The van der Waals surface area contributed by atoms with Crippen molar-refractivity contribution in [1.82, 2.24) is 9.88 Å². The summed E-state index contributed by atoms with van der Waals surface area (Å²) in [4.78, 5) is 5.52. The number of aliphatic hydroxyl groups excluding tert-OH is 2. The van der Waals surface area contributed by atoms with Crippen molar-refractivity contribution >= 4 is 10.9 Å².